The van der Waals surface area contributed by atoms with E-state index in [1.807, 2.05) is 18.2 Å². The zero-order chi connectivity index (χ0) is 26.7. The highest BCUT2D eigenvalue weighted by Gasteiger charge is 2.46. The lowest BCUT2D eigenvalue weighted by Crippen LogP contribution is -2.38. The Bertz CT molecular complexity index is 1680. The molecule has 7 rings (SSSR count). The third-order valence-electron chi connectivity index (χ3n) is 7.29. The number of aryl methyl sites for hydroxylation is 1. The predicted octanol–water partition coefficient (Wildman–Crippen LogP) is 2.24. The second-order valence-corrected chi connectivity index (χ2v) is 9.82. The molecule has 2 saturated heterocycles. The van der Waals surface area contributed by atoms with Gasteiger partial charge in [0.2, 0.25) is 5.95 Å². The van der Waals surface area contributed by atoms with Gasteiger partial charge in [-0.05, 0) is 24.6 Å². The van der Waals surface area contributed by atoms with Crippen LogP contribution in [-0.2, 0) is 11.8 Å². The van der Waals surface area contributed by atoms with Gasteiger partial charge in [-0.15, -0.1) is 0 Å². The van der Waals surface area contributed by atoms with Crippen LogP contribution in [0.2, 0.25) is 0 Å². The summed E-state index contributed by atoms with van der Waals surface area (Å²) in [4.78, 5) is 19.6. The number of fused-ring (bicyclic) bond motifs is 2. The van der Waals surface area contributed by atoms with Crippen molar-refractivity contribution in [2.45, 2.75) is 31.0 Å². The topological polar surface area (TPSA) is 142 Å². The van der Waals surface area contributed by atoms with Gasteiger partial charge in [0.1, 0.15) is 42.4 Å². The minimum Gasteiger partial charge on any atom is -0.491 e. The molecule has 2 aliphatic rings. The highest BCUT2D eigenvalue weighted by Crippen LogP contribution is 2.39. The first kappa shape index (κ1) is 23.7. The first-order valence-electron chi connectivity index (χ1n) is 12.7. The molecular formula is C26H26FN9O3. The summed E-state index contributed by atoms with van der Waals surface area (Å²) >= 11 is 0. The fourth-order valence-corrected chi connectivity index (χ4v) is 5.05. The number of nitrogen functional groups attached to an aromatic ring is 1. The Balaban J connectivity index is 1.13. The summed E-state index contributed by atoms with van der Waals surface area (Å²) in [5.74, 6) is 1.47. The first-order valence-corrected chi connectivity index (χ1v) is 12.7. The molecule has 1 aromatic carbocycles. The third kappa shape index (κ3) is 4.01. The van der Waals surface area contributed by atoms with E-state index in [1.165, 1.54) is 10.9 Å². The van der Waals surface area contributed by atoms with Crippen LogP contribution in [0, 0.1) is 0 Å². The number of rotatable bonds is 6. The monoisotopic (exact) mass is 531 g/mol. The maximum atomic E-state index is 15.5. The van der Waals surface area contributed by atoms with Crippen molar-refractivity contribution in [2.75, 3.05) is 30.3 Å². The molecule has 2 fully saturated rings. The smallest absolute Gasteiger partial charge is 0.225 e. The number of benzene rings is 1. The van der Waals surface area contributed by atoms with Crippen LogP contribution < -0.4 is 15.4 Å². The molecule has 3 N–H and O–H groups in total. The van der Waals surface area contributed by atoms with Gasteiger partial charge in [0.05, 0.1) is 16.6 Å². The van der Waals surface area contributed by atoms with E-state index in [1.54, 1.807) is 36.4 Å². The van der Waals surface area contributed by atoms with Crippen LogP contribution in [-0.4, -0.2) is 77.5 Å². The minimum atomic E-state index is -1.73. The van der Waals surface area contributed by atoms with Crippen LogP contribution in [0.1, 0.15) is 12.6 Å². The van der Waals surface area contributed by atoms with Crippen LogP contribution in [0.4, 0.5) is 16.2 Å². The predicted molar refractivity (Wildman–Crippen MR) is 141 cm³/mol. The Hall–Kier alpha value is -4.36. The van der Waals surface area contributed by atoms with Crippen LogP contribution in [0.15, 0.2) is 49.2 Å². The van der Waals surface area contributed by atoms with Crippen molar-refractivity contribution >= 4 is 33.7 Å². The summed E-state index contributed by atoms with van der Waals surface area (Å²) in [7, 11) is 1.80. The fourth-order valence-electron chi connectivity index (χ4n) is 5.05. The number of aliphatic hydroxyl groups excluding tert-OH is 1. The van der Waals surface area contributed by atoms with E-state index < -0.39 is 24.6 Å². The normalized spacial score (nSPS) is 23.0. The van der Waals surface area contributed by atoms with Crippen molar-refractivity contribution in [3.05, 3.63) is 49.2 Å². The number of ether oxygens (including phenoxy) is 2. The molecule has 39 heavy (non-hydrogen) atoms. The summed E-state index contributed by atoms with van der Waals surface area (Å²) in [6.45, 7) is 1.84. The molecule has 2 aliphatic heterocycles. The Morgan fingerprint density at radius 2 is 2.08 bits per heavy atom. The van der Waals surface area contributed by atoms with E-state index in [2.05, 4.69) is 29.9 Å². The Morgan fingerprint density at radius 1 is 1.21 bits per heavy atom. The van der Waals surface area contributed by atoms with Crippen molar-refractivity contribution < 1.29 is 19.0 Å². The number of hydrogen-bond donors (Lipinski definition) is 2. The van der Waals surface area contributed by atoms with E-state index in [9.17, 15) is 5.11 Å². The van der Waals surface area contributed by atoms with Crippen molar-refractivity contribution in [1.29, 1.82) is 0 Å². The Morgan fingerprint density at radius 3 is 2.85 bits per heavy atom. The molecule has 13 heteroatoms. The fraction of sp³-hybridized carbons (Fsp3) is 0.346. The second-order valence-electron chi connectivity index (χ2n) is 9.82. The molecule has 0 spiro atoms. The number of aliphatic hydroxyl groups is 1. The summed E-state index contributed by atoms with van der Waals surface area (Å²) in [5, 5.41) is 16.6. The van der Waals surface area contributed by atoms with Crippen molar-refractivity contribution in [1.82, 2.24) is 34.3 Å². The van der Waals surface area contributed by atoms with Crippen LogP contribution in [0.3, 0.4) is 0 Å². The molecule has 0 aliphatic carbocycles. The molecule has 0 unspecified atom stereocenters. The molecule has 0 amide bonds. The molecule has 4 atom stereocenters. The van der Waals surface area contributed by atoms with E-state index in [0.29, 0.717) is 34.0 Å². The van der Waals surface area contributed by atoms with Gasteiger partial charge in [0.25, 0.3) is 0 Å². The van der Waals surface area contributed by atoms with Gasteiger partial charge in [0.15, 0.2) is 12.4 Å². The average Bonchev–Trinajstić information content (AvgIpc) is 3.58. The summed E-state index contributed by atoms with van der Waals surface area (Å²) in [6, 6.07) is 7.29. The SMILES string of the molecule is Cn1ccc(-c2cn([C@@H]3O[C@H](COc4ccc5cnc(N6CCC6)nc5c4)[C@@H](O)[C@@H]3F)c3ncnc(N)c23)n1. The largest absolute Gasteiger partial charge is 0.491 e. The molecule has 200 valence electrons. The van der Waals surface area contributed by atoms with Gasteiger partial charge in [-0.2, -0.15) is 5.10 Å². The second kappa shape index (κ2) is 9.13. The minimum absolute atomic E-state index is 0.0585. The third-order valence-corrected chi connectivity index (χ3v) is 7.29. The maximum absolute atomic E-state index is 15.5. The van der Waals surface area contributed by atoms with Crippen LogP contribution in [0.25, 0.3) is 33.2 Å². The van der Waals surface area contributed by atoms with E-state index in [4.69, 9.17) is 15.2 Å². The number of hydrogen-bond acceptors (Lipinski definition) is 10. The number of anilines is 2. The van der Waals surface area contributed by atoms with Gasteiger partial charge in [0, 0.05) is 55.7 Å². The highest BCUT2D eigenvalue weighted by atomic mass is 19.1. The van der Waals surface area contributed by atoms with E-state index in [-0.39, 0.29) is 12.4 Å². The lowest BCUT2D eigenvalue weighted by atomic mass is 10.1. The highest BCUT2D eigenvalue weighted by molar-refractivity contribution is 5.99. The standard InChI is InChI=1S/C26H26FN9O3/c1-34-8-5-17(33-34)16-11-36(24-20(16)23(28)30-13-31-24)25-21(27)22(37)19(39-25)12-38-15-4-3-14-10-29-26(32-18(14)9-15)35-6-2-7-35/h3-5,8-11,13,19,21-22,25,37H,2,6-7,12H2,1H3,(H2,28,30,31)/t19-,21+,22-,25-/m1/s1. The van der Waals surface area contributed by atoms with E-state index in [0.717, 1.165) is 30.4 Å². The van der Waals surface area contributed by atoms with Gasteiger partial charge >= 0.3 is 0 Å². The van der Waals surface area contributed by atoms with Gasteiger partial charge in [-0.25, -0.2) is 24.3 Å². The molecular weight excluding hydrogens is 505 g/mol. The molecule has 6 heterocycles. The molecule has 0 bridgehead atoms. The lowest BCUT2D eigenvalue weighted by Gasteiger charge is -2.30. The first-order chi connectivity index (χ1) is 19.0. The Labute approximate surface area is 221 Å². The van der Waals surface area contributed by atoms with E-state index >= 15 is 4.39 Å². The summed E-state index contributed by atoms with van der Waals surface area (Å²) in [6.07, 6.45) is 2.51. The molecule has 0 saturated carbocycles. The molecule has 0 radical (unpaired) electrons. The zero-order valence-corrected chi connectivity index (χ0v) is 21.1. The van der Waals surface area contributed by atoms with Crippen LogP contribution >= 0.6 is 0 Å². The molecule has 12 nitrogen and oxygen atoms in total. The number of alkyl halides is 1. The molecule has 5 aromatic rings. The average molecular weight is 532 g/mol. The van der Waals surface area contributed by atoms with Gasteiger partial charge in [-0.1, -0.05) is 0 Å². The number of nitrogens with two attached hydrogens (primary N) is 1. The number of nitrogens with zero attached hydrogens (tertiary/aromatic N) is 8. The van der Waals surface area contributed by atoms with Crippen molar-refractivity contribution in [3.63, 3.8) is 0 Å². The Kier molecular flexibility index (Phi) is 5.56. The number of halogens is 1. The summed E-state index contributed by atoms with van der Waals surface area (Å²) in [5.41, 5.74) is 8.59. The van der Waals surface area contributed by atoms with Gasteiger partial charge < -0.3 is 29.8 Å². The van der Waals surface area contributed by atoms with Crippen molar-refractivity contribution in [3.8, 4) is 17.0 Å². The molecule has 4 aromatic heterocycles. The lowest BCUT2D eigenvalue weighted by molar-refractivity contribution is -0.0410. The van der Waals surface area contributed by atoms with Gasteiger partial charge in [-0.3, -0.25) is 4.68 Å². The quantitative estimate of drug-likeness (QED) is 0.335. The van der Waals surface area contributed by atoms with Crippen molar-refractivity contribution in [2.24, 2.45) is 7.05 Å². The number of aromatic nitrogens is 7. The zero-order valence-electron chi connectivity index (χ0n) is 21.1. The van der Waals surface area contributed by atoms with Crippen LogP contribution in [0.5, 0.6) is 5.75 Å². The summed E-state index contributed by atoms with van der Waals surface area (Å²) < 4.78 is 30.6. The maximum Gasteiger partial charge on any atom is 0.225 e.